The first-order chi connectivity index (χ1) is 8.22. The van der Waals surface area contributed by atoms with Crippen LogP contribution in [0.1, 0.15) is 11.3 Å². The van der Waals surface area contributed by atoms with Crippen molar-refractivity contribution in [3.05, 3.63) is 53.9 Å². The molecule has 0 fully saturated rings. The standard InChI is InChI=1S/C14H17N3/c1-11-5-3-4-6-14(11)17(2)13-8-7-12(9-15)16-10-13/h3-8,10H,9,15H2,1-2H3. The molecule has 0 aliphatic carbocycles. The van der Waals surface area contributed by atoms with Crippen molar-refractivity contribution in [2.75, 3.05) is 11.9 Å². The van der Waals surface area contributed by atoms with Crippen LogP contribution >= 0.6 is 0 Å². The van der Waals surface area contributed by atoms with E-state index in [1.807, 2.05) is 37.5 Å². The Kier molecular flexibility index (Phi) is 3.40. The van der Waals surface area contributed by atoms with E-state index in [4.69, 9.17) is 5.73 Å². The molecule has 1 aromatic carbocycles. The minimum atomic E-state index is 0.481. The largest absolute Gasteiger partial charge is 0.343 e. The number of hydrogen-bond acceptors (Lipinski definition) is 3. The van der Waals surface area contributed by atoms with Crippen LogP contribution in [-0.4, -0.2) is 12.0 Å². The summed E-state index contributed by atoms with van der Waals surface area (Å²) in [6.45, 7) is 2.59. The third kappa shape index (κ3) is 2.45. The Bertz CT molecular complexity index is 491. The van der Waals surface area contributed by atoms with E-state index in [0.29, 0.717) is 6.54 Å². The molecule has 3 heteroatoms. The number of aromatic nitrogens is 1. The highest BCUT2D eigenvalue weighted by atomic mass is 15.1. The van der Waals surface area contributed by atoms with Gasteiger partial charge in [0.1, 0.15) is 0 Å². The number of nitrogens with two attached hydrogens (primary N) is 1. The summed E-state index contributed by atoms with van der Waals surface area (Å²) in [5.74, 6) is 0. The van der Waals surface area contributed by atoms with Crippen LogP contribution in [0.4, 0.5) is 11.4 Å². The lowest BCUT2D eigenvalue weighted by atomic mass is 10.2. The Balaban J connectivity index is 2.30. The van der Waals surface area contributed by atoms with E-state index in [0.717, 1.165) is 11.4 Å². The van der Waals surface area contributed by atoms with Gasteiger partial charge in [0.05, 0.1) is 17.6 Å². The molecule has 0 aliphatic heterocycles. The summed E-state index contributed by atoms with van der Waals surface area (Å²) in [7, 11) is 2.04. The number of pyridine rings is 1. The van der Waals surface area contributed by atoms with Crippen molar-refractivity contribution in [3.63, 3.8) is 0 Å². The maximum atomic E-state index is 5.54. The summed E-state index contributed by atoms with van der Waals surface area (Å²) < 4.78 is 0. The Morgan fingerprint density at radius 2 is 1.94 bits per heavy atom. The fourth-order valence-corrected chi connectivity index (χ4v) is 1.81. The molecule has 0 spiro atoms. The maximum absolute atomic E-state index is 5.54. The SMILES string of the molecule is Cc1ccccc1N(C)c1ccc(CN)nc1. The molecule has 2 rings (SSSR count). The van der Waals surface area contributed by atoms with Gasteiger partial charge in [-0.05, 0) is 30.7 Å². The molecule has 17 heavy (non-hydrogen) atoms. The van der Waals surface area contributed by atoms with Crippen molar-refractivity contribution in [3.8, 4) is 0 Å². The summed E-state index contributed by atoms with van der Waals surface area (Å²) in [4.78, 5) is 6.43. The monoisotopic (exact) mass is 227 g/mol. The first-order valence-electron chi connectivity index (χ1n) is 5.66. The summed E-state index contributed by atoms with van der Waals surface area (Å²) in [6, 6.07) is 12.3. The maximum Gasteiger partial charge on any atom is 0.0594 e. The van der Waals surface area contributed by atoms with Gasteiger partial charge in [-0.25, -0.2) is 0 Å². The van der Waals surface area contributed by atoms with Crippen LogP contribution in [-0.2, 0) is 6.54 Å². The molecule has 0 radical (unpaired) electrons. The van der Waals surface area contributed by atoms with Crippen LogP contribution in [0, 0.1) is 6.92 Å². The van der Waals surface area contributed by atoms with Gasteiger partial charge in [0.25, 0.3) is 0 Å². The van der Waals surface area contributed by atoms with Crippen LogP contribution < -0.4 is 10.6 Å². The lowest BCUT2D eigenvalue weighted by molar-refractivity contribution is 0.985. The van der Waals surface area contributed by atoms with Gasteiger partial charge in [-0.2, -0.15) is 0 Å². The Morgan fingerprint density at radius 1 is 1.18 bits per heavy atom. The van der Waals surface area contributed by atoms with Gasteiger partial charge in [-0.3, -0.25) is 4.98 Å². The molecule has 0 saturated carbocycles. The molecule has 0 saturated heterocycles. The first-order valence-corrected chi connectivity index (χ1v) is 5.66. The smallest absolute Gasteiger partial charge is 0.0594 e. The van der Waals surface area contributed by atoms with E-state index < -0.39 is 0 Å². The summed E-state index contributed by atoms with van der Waals surface area (Å²) in [6.07, 6.45) is 1.86. The van der Waals surface area contributed by atoms with E-state index in [1.165, 1.54) is 11.3 Å². The molecule has 1 aromatic heterocycles. The zero-order chi connectivity index (χ0) is 12.3. The molecule has 0 unspecified atom stereocenters. The molecule has 0 amide bonds. The molecule has 0 aliphatic rings. The number of hydrogen-bond donors (Lipinski definition) is 1. The molecule has 0 bridgehead atoms. The summed E-state index contributed by atoms with van der Waals surface area (Å²) in [5, 5.41) is 0. The molecule has 3 nitrogen and oxygen atoms in total. The topological polar surface area (TPSA) is 42.1 Å². The molecular formula is C14H17N3. The Hall–Kier alpha value is -1.87. The number of benzene rings is 1. The van der Waals surface area contributed by atoms with Gasteiger partial charge in [-0.1, -0.05) is 18.2 Å². The molecule has 88 valence electrons. The predicted octanol–water partition coefficient (Wildman–Crippen LogP) is 2.62. The third-order valence-corrected chi connectivity index (χ3v) is 2.88. The highest BCUT2D eigenvalue weighted by Crippen LogP contribution is 2.25. The fraction of sp³-hybridized carbons (Fsp3) is 0.214. The number of anilines is 2. The quantitative estimate of drug-likeness (QED) is 0.876. The van der Waals surface area contributed by atoms with E-state index in [2.05, 4.69) is 28.9 Å². The lowest BCUT2D eigenvalue weighted by Gasteiger charge is -2.21. The number of aryl methyl sites for hydroxylation is 1. The Labute approximate surface area is 102 Å². The summed E-state index contributed by atoms with van der Waals surface area (Å²) >= 11 is 0. The average Bonchev–Trinajstić information content (AvgIpc) is 2.39. The lowest BCUT2D eigenvalue weighted by Crippen LogP contribution is -2.11. The van der Waals surface area contributed by atoms with Crippen molar-refractivity contribution in [1.82, 2.24) is 4.98 Å². The van der Waals surface area contributed by atoms with Crippen LogP contribution in [0.5, 0.6) is 0 Å². The van der Waals surface area contributed by atoms with Gasteiger partial charge in [0.2, 0.25) is 0 Å². The van der Waals surface area contributed by atoms with Gasteiger partial charge in [-0.15, -0.1) is 0 Å². The van der Waals surface area contributed by atoms with Crippen molar-refractivity contribution in [2.24, 2.45) is 5.73 Å². The van der Waals surface area contributed by atoms with E-state index in [9.17, 15) is 0 Å². The molecule has 2 N–H and O–H groups in total. The van der Waals surface area contributed by atoms with Gasteiger partial charge >= 0.3 is 0 Å². The normalized spacial score (nSPS) is 10.3. The van der Waals surface area contributed by atoms with E-state index in [1.54, 1.807) is 0 Å². The van der Waals surface area contributed by atoms with Gasteiger partial charge in [0.15, 0.2) is 0 Å². The van der Waals surface area contributed by atoms with Crippen molar-refractivity contribution in [1.29, 1.82) is 0 Å². The molecular weight excluding hydrogens is 210 g/mol. The molecule has 2 aromatic rings. The minimum absolute atomic E-state index is 0.481. The van der Waals surface area contributed by atoms with Crippen LogP contribution in [0.3, 0.4) is 0 Å². The third-order valence-electron chi connectivity index (χ3n) is 2.88. The number of para-hydroxylation sites is 1. The van der Waals surface area contributed by atoms with Crippen LogP contribution in [0.2, 0.25) is 0 Å². The van der Waals surface area contributed by atoms with Crippen molar-refractivity contribution < 1.29 is 0 Å². The zero-order valence-electron chi connectivity index (χ0n) is 10.2. The van der Waals surface area contributed by atoms with Gasteiger partial charge < -0.3 is 10.6 Å². The number of rotatable bonds is 3. The zero-order valence-corrected chi connectivity index (χ0v) is 10.2. The minimum Gasteiger partial charge on any atom is -0.343 e. The van der Waals surface area contributed by atoms with E-state index in [-0.39, 0.29) is 0 Å². The second-order valence-corrected chi connectivity index (χ2v) is 4.06. The molecule has 0 atom stereocenters. The highest BCUT2D eigenvalue weighted by Gasteiger charge is 2.06. The van der Waals surface area contributed by atoms with Crippen molar-refractivity contribution in [2.45, 2.75) is 13.5 Å². The molecule has 1 heterocycles. The predicted molar refractivity (Wildman–Crippen MR) is 71.4 cm³/mol. The van der Waals surface area contributed by atoms with Crippen LogP contribution in [0.25, 0.3) is 0 Å². The number of nitrogens with zero attached hydrogens (tertiary/aromatic N) is 2. The summed E-state index contributed by atoms with van der Waals surface area (Å²) in [5.41, 5.74) is 9.95. The first kappa shape index (κ1) is 11.6. The van der Waals surface area contributed by atoms with Gasteiger partial charge in [0, 0.05) is 19.3 Å². The Morgan fingerprint density at radius 3 is 2.53 bits per heavy atom. The average molecular weight is 227 g/mol. The second-order valence-electron chi connectivity index (χ2n) is 4.06. The van der Waals surface area contributed by atoms with Crippen LogP contribution in [0.15, 0.2) is 42.6 Å². The fourth-order valence-electron chi connectivity index (χ4n) is 1.81. The van der Waals surface area contributed by atoms with Crippen molar-refractivity contribution >= 4 is 11.4 Å². The highest BCUT2D eigenvalue weighted by molar-refractivity contribution is 5.64. The second kappa shape index (κ2) is 4.97. The van der Waals surface area contributed by atoms with E-state index >= 15 is 0 Å².